The van der Waals surface area contributed by atoms with Crippen LogP contribution in [0.1, 0.15) is 18.1 Å². The maximum absolute atomic E-state index is 5.19. The molecule has 27 heavy (non-hydrogen) atoms. The lowest BCUT2D eigenvalue weighted by Crippen LogP contribution is -2.18. The Balaban J connectivity index is 1.65. The predicted molar refractivity (Wildman–Crippen MR) is 111 cm³/mol. The number of methoxy groups -OCH3 is 1. The Morgan fingerprint density at radius 1 is 1.07 bits per heavy atom. The first-order valence-electron chi connectivity index (χ1n) is 9.23. The lowest BCUT2D eigenvalue weighted by Gasteiger charge is -2.22. The monoisotopic (exact) mass is 362 g/mol. The number of aryl methyl sites for hydroxylation is 1. The maximum atomic E-state index is 5.19. The van der Waals surface area contributed by atoms with Gasteiger partial charge in [-0.3, -0.25) is 0 Å². The van der Waals surface area contributed by atoms with E-state index in [1.165, 1.54) is 11.1 Å². The van der Waals surface area contributed by atoms with E-state index in [1.807, 2.05) is 18.2 Å². The van der Waals surface area contributed by atoms with Crippen LogP contribution in [-0.4, -0.2) is 30.2 Å². The quantitative estimate of drug-likeness (QED) is 0.634. The van der Waals surface area contributed by atoms with Crippen molar-refractivity contribution in [1.29, 1.82) is 0 Å². The van der Waals surface area contributed by atoms with Gasteiger partial charge in [0.25, 0.3) is 0 Å². The van der Waals surface area contributed by atoms with Crippen molar-refractivity contribution in [2.75, 3.05) is 30.4 Å². The Morgan fingerprint density at radius 3 is 2.59 bits per heavy atom. The second-order valence-corrected chi connectivity index (χ2v) is 6.35. The predicted octanol–water partition coefficient (Wildman–Crippen LogP) is 4.61. The van der Waals surface area contributed by atoms with Gasteiger partial charge in [-0.15, -0.1) is 0 Å². The Bertz CT molecular complexity index is 864. The van der Waals surface area contributed by atoms with Crippen LogP contribution in [0.25, 0.3) is 0 Å². The third kappa shape index (κ3) is 4.97. The number of benzene rings is 2. The van der Waals surface area contributed by atoms with E-state index in [0.29, 0.717) is 5.95 Å². The van der Waals surface area contributed by atoms with Gasteiger partial charge in [-0.2, -0.15) is 4.98 Å². The molecule has 3 rings (SSSR count). The molecule has 1 N–H and O–H groups in total. The van der Waals surface area contributed by atoms with Crippen LogP contribution in [0.4, 0.5) is 17.5 Å². The van der Waals surface area contributed by atoms with E-state index < -0.39 is 0 Å². The van der Waals surface area contributed by atoms with Crippen LogP contribution >= 0.6 is 0 Å². The topological polar surface area (TPSA) is 50.3 Å². The number of ether oxygens (including phenoxy) is 1. The molecule has 5 nitrogen and oxygen atoms in total. The summed E-state index contributed by atoms with van der Waals surface area (Å²) in [4.78, 5) is 11.2. The van der Waals surface area contributed by atoms with E-state index in [2.05, 4.69) is 65.4 Å². The molecule has 0 spiro atoms. The average Bonchev–Trinajstić information content (AvgIpc) is 2.70. The third-order valence-corrected chi connectivity index (χ3v) is 4.40. The van der Waals surface area contributed by atoms with E-state index in [1.54, 1.807) is 13.3 Å². The van der Waals surface area contributed by atoms with Crippen molar-refractivity contribution in [1.82, 2.24) is 9.97 Å². The molecule has 0 amide bonds. The van der Waals surface area contributed by atoms with Gasteiger partial charge in [0.05, 0.1) is 7.11 Å². The maximum Gasteiger partial charge on any atom is 0.224 e. The van der Waals surface area contributed by atoms with Crippen molar-refractivity contribution in [2.45, 2.75) is 20.3 Å². The van der Waals surface area contributed by atoms with Gasteiger partial charge in [-0.1, -0.05) is 24.3 Å². The summed E-state index contributed by atoms with van der Waals surface area (Å²) in [6.45, 7) is 5.84. The van der Waals surface area contributed by atoms with Crippen LogP contribution in [0.5, 0.6) is 5.75 Å². The largest absolute Gasteiger partial charge is 0.497 e. The molecule has 5 heteroatoms. The summed E-state index contributed by atoms with van der Waals surface area (Å²) in [5.74, 6) is 2.41. The lowest BCUT2D eigenvalue weighted by molar-refractivity contribution is 0.414. The molecule has 0 saturated carbocycles. The standard InChI is InChI=1S/C22H26N4O/c1-4-26(19-7-5-6-17(2)16-19)21-13-15-24-22(25-21)23-14-12-18-8-10-20(27-3)11-9-18/h5-11,13,15-16H,4,12,14H2,1-3H3,(H,23,24,25). The molecular formula is C22H26N4O. The van der Waals surface area contributed by atoms with Gasteiger partial charge in [-0.25, -0.2) is 4.98 Å². The highest BCUT2D eigenvalue weighted by Crippen LogP contribution is 2.24. The van der Waals surface area contributed by atoms with Crippen LogP contribution in [0, 0.1) is 6.92 Å². The fourth-order valence-electron chi connectivity index (χ4n) is 2.97. The van der Waals surface area contributed by atoms with Crippen molar-refractivity contribution in [3.8, 4) is 5.75 Å². The van der Waals surface area contributed by atoms with E-state index >= 15 is 0 Å². The van der Waals surface area contributed by atoms with Crippen LogP contribution in [0.2, 0.25) is 0 Å². The number of nitrogens with one attached hydrogen (secondary N) is 1. The zero-order chi connectivity index (χ0) is 19.1. The molecule has 0 aliphatic carbocycles. The summed E-state index contributed by atoms with van der Waals surface area (Å²) >= 11 is 0. The van der Waals surface area contributed by atoms with E-state index in [0.717, 1.165) is 36.8 Å². The molecule has 0 bridgehead atoms. The number of anilines is 3. The van der Waals surface area contributed by atoms with Gasteiger partial charge in [0.2, 0.25) is 5.95 Å². The lowest BCUT2D eigenvalue weighted by atomic mass is 10.1. The van der Waals surface area contributed by atoms with E-state index in [4.69, 9.17) is 9.72 Å². The minimum atomic E-state index is 0.645. The summed E-state index contributed by atoms with van der Waals surface area (Å²) in [5.41, 5.74) is 3.62. The van der Waals surface area contributed by atoms with Crippen LogP contribution < -0.4 is 15.0 Å². The number of aromatic nitrogens is 2. The first kappa shape index (κ1) is 18.7. The fourth-order valence-corrected chi connectivity index (χ4v) is 2.97. The van der Waals surface area contributed by atoms with E-state index in [-0.39, 0.29) is 0 Å². The van der Waals surface area contributed by atoms with Gasteiger partial charge < -0.3 is 15.0 Å². The highest BCUT2D eigenvalue weighted by Gasteiger charge is 2.10. The number of rotatable bonds is 8. The molecule has 140 valence electrons. The zero-order valence-corrected chi connectivity index (χ0v) is 16.1. The molecule has 0 aliphatic rings. The van der Waals surface area contributed by atoms with E-state index in [9.17, 15) is 0 Å². The fraction of sp³-hybridized carbons (Fsp3) is 0.273. The highest BCUT2D eigenvalue weighted by atomic mass is 16.5. The first-order chi connectivity index (χ1) is 13.2. The molecule has 0 saturated heterocycles. The Morgan fingerprint density at radius 2 is 1.89 bits per heavy atom. The third-order valence-electron chi connectivity index (χ3n) is 4.40. The summed E-state index contributed by atoms with van der Waals surface area (Å²) in [7, 11) is 1.68. The van der Waals surface area contributed by atoms with Gasteiger partial charge in [0, 0.05) is 25.0 Å². The normalized spacial score (nSPS) is 10.5. The Kier molecular flexibility index (Phi) is 6.26. The summed E-state index contributed by atoms with van der Waals surface area (Å²) in [6.07, 6.45) is 2.70. The second kappa shape index (κ2) is 9.03. The Hall–Kier alpha value is -3.08. The minimum Gasteiger partial charge on any atom is -0.497 e. The SMILES string of the molecule is CCN(c1cccc(C)c1)c1ccnc(NCCc2ccc(OC)cc2)n1. The number of hydrogen-bond acceptors (Lipinski definition) is 5. The molecule has 0 radical (unpaired) electrons. The van der Waals surface area contributed by atoms with Crippen LogP contribution in [-0.2, 0) is 6.42 Å². The molecule has 3 aromatic rings. The van der Waals surface area contributed by atoms with Crippen molar-refractivity contribution >= 4 is 17.5 Å². The second-order valence-electron chi connectivity index (χ2n) is 6.35. The van der Waals surface area contributed by atoms with Gasteiger partial charge >= 0.3 is 0 Å². The zero-order valence-electron chi connectivity index (χ0n) is 16.1. The van der Waals surface area contributed by atoms with Gasteiger partial charge in [0.1, 0.15) is 11.6 Å². The number of nitrogens with zero attached hydrogens (tertiary/aromatic N) is 3. The summed E-state index contributed by atoms with van der Waals surface area (Å²) in [5, 5.41) is 3.32. The van der Waals surface area contributed by atoms with Gasteiger partial charge in [-0.05, 0) is 61.7 Å². The summed E-state index contributed by atoms with van der Waals surface area (Å²) < 4.78 is 5.19. The molecule has 2 aromatic carbocycles. The summed E-state index contributed by atoms with van der Waals surface area (Å²) in [6, 6.07) is 18.5. The minimum absolute atomic E-state index is 0.645. The molecule has 1 aromatic heterocycles. The van der Waals surface area contributed by atoms with Crippen LogP contribution in [0.3, 0.4) is 0 Å². The molecule has 0 aliphatic heterocycles. The molecule has 0 fully saturated rings. The van der Waals surface area contributed by atoms with Gasteiger partial charge in [0.15, 0.2) is 0 Å². The highest BCUT2D eigenvalue weighted by molar-refractivity contribution is 5.61. The first-order valence-corrected chi connectivity index (χ1v) is 9.23. The van der Waals surface area contributed by atoms with Crippen molar-refractivity contribution in [2.24, 2.45) is 0 Å². The molecular weight excluding hydrogens is 336 g/mol. The molecule has 1 heterocycles. The van der Waals surface area contributed by atoms with Crippen LogP contribution in [0.15, 0.2) is 60.8 Å². The average molecular weight is 362 g/mol. The molecule has 0 unspecified atom stereocenters. The van der Waals surface area contributed by atoms with Crippen molar-refractivity contribution in [3.05, 3.63) is 71.9 Å². The van der Waals surface area contributed by atoms with Crippen molar-refractivity contribution < 1.29 is 4.74 Å². The number of hydrogen-bond donors (Lipinski definition) is 1. The Labute approximate surface area is 161 Å². The molecule has 0 atom stereocenters. The van der Waals surface area contributed by atoms with Crippen molar-refractivity contribution in [3.63, 3.8) is 0 Å². The smallest absolute Gasteiger partial charge is 0.224 e.